The maximum atomic E-state index is 13.5. The van der Waals surface area contributed by atoms with Gasteiger partial charge in [-0.2, -0.15) is 0 Å². The van der Waals surface area contributed by atoms with Crippen molar-refractivity contribution in [2.75, 3.05) is 7.05 Å². The number of Topliss-reactive ketones (excluding diaryl/α,β-unsaturated/α-hetero) is 1. The van der Waals surface area contributed by atoms with Crippen molar-refractivity contribution in [2.24, 2.45) is 11.8 Å². The Hall–Kier alpha value is -0.973. The van der Waals surface area contributed by atoms with E-state index in [1.807, 2.05) is 20.8 Å². The maximum Gasteiger partial charge on any atom is 1.00 e. The molecule has 10 heteroatoms. The molecule has 0 saturated carbocycles. The van der Waals surface area contributed by atoms with Crippen LogP contribution in [-0.4, -0.2) is 67.4 Å². The molecule has 0 aromatic carbocycles. The van der Waals surface area contributed by atoms with Gasteiger partial charge in [-0.15, -0.1) is 0 Å². The predicted octanol–water partition coefficient (Wildman–Crippen LogP) is 1.09. The number of aliphatic hydroxyl groups is 1. The van der Waals surface area contributed by atoms with Crippen LogP contribution in [-0.2, 0) is 23.5 Å². The first-order valence-corrected chi connectivity index (χ1v) is 15.5. The van der Waals surface area contributed by atoms with Crippen LogP contribution in [0.1, 0.15) is 61.3 Å². The van der Waals surface area contributed by atoms with Gasteiger partial charge >= 0.3 is 29.6 Å². The van der Waals surface area contributed by atoms with E-state index >= 15 is 0 Å². The second-order valence-electron chi connectivity index (χ2n) is 11.6. The molecule has 2 amide bonds. The third-order valence-corrected chi connectivity index (χ3v) is 12.0. The molecule has 2 rings (SSSR count). The van der Waals surface area contributed by atoms with Crippen molar-refractivity contribution in [1.29, 1.82) is 0 Å². The Labute approximate surface area is 239 Å². The zero-order valence-corrected chi connectivity index (χ0v) is 27.0. The van der Waals surface area contributed by atoms with E-state index in [9.17, 15) is 19.5 Å². The minimum absolute atomic E-state index is 0. The summed E-state index contributed by atoms with van der Waals surface area (Å²) in [6, 6.07) is -1.05. The van der Waals surface area contributed by atoms with Gasteiger partial charge in [-0.1, -0.05) is 47.6 Å². The van der Waals surface area contributed by atoms with Crippen LogP contribution in [0.15, 0.2) is 23.5 Å². The van der Waals surface area contributed by atoms with E-state index in [0.717, 1.165) is 0 Å². The van der Waals surface area contributed by atoms with E-state index in [0.29, 0.717) is 12.8 Å². The monoisotopic (exact) mass is 531 g/mol. The molecule has 0 aromatic rings. The summed E-state index contributed by atoms with van der Waals surface area (Å²) in [5, 5.41) is 13.2. The van der Waals surface area contributed by atoms with Crippen LogP contribution < -0.4 is 34.9 Å². The molecule has 2 N–H and O–H groups in total. The molecular formula is C26H44N2NaO6Si+. The normalized spacial score (nSPS) is 27.9. The molecule has 2 aliphatic rings. The quantitative estimate of drug-likeness (QED) is 0.221. The number of aliphatic hydroxyl groups excluding tert-OH is 1. The summed E-state index contributed by atoms with van der Waals surface area (Å²) in [5.41, 5.74) is -0.293. The minimum Gasteiger partial charge on any atom is -0.507 e. The fraction of sp³-hybridized carbons (Fsp3) is 0.731. The van der Waals surface area contributed by atoms with Crippen molar-refractivity contribution < 1.29 is 58.2 Å². The third-order valence-electron chi connectivity index (χ3n) is 7.45. The molecule has 2 saturated heterocycles. The number of nitrogens with one attached hydrogen (secondary N) is 1. The number of allylic oxidation sites excluding steroid dienone is 2. The molecular weight excluding hydrogens is 487 g/mol. The van der Waals surface area contributed by atoms with Gasteiger partial charge in [0.2, 0.25) is 5.91 Å². The molecule has 0 radical (unpaired) electrons. The Morgan fingerprint density at radius 2 is 1.81 bits per heavy atom. The Bertz CT molecular complexity index is 895. The van der Waals surface area contributed by atoms with Gasteiger partial charge in [0.25, 0.3) is 5.91 Å². The number of carbonyl (C=O) groups excluding carboxylic acids is 3. The Morgan fingerprint density at radius 3 is 2.28 bits per heavy atom. The standard InChI is InChI=1S/C26H44N2O6Si.Na/c1-15(2)11-12-18(29)21-23(30)22(16(3)24(31)27-8)28(25(21)32)20-14-13-19(17(4)33-20)34-35(9,10)26(5,6)7;/h11-12,15-17,19-20,22,29H,13-14H2,1-10H3,(H,27,31);/q;+1/b12-11+,21-18-;/t16-,17?,19?,20?,22?;/m0./s1. The predicted molar refractivity (Wildman–Crippen MR) is 138 cm³/mol. The van der Waals surface area contributed by atoms with Gasteiger partial charge in [-0.3, -0.25) is 14.4 Å². The van der Waals surface area contributed by atoms with Crippen LogP contribution in [0.25, 0.3) is 0 Å². The number of ether oxygens (including phenoxy) is 1. The average Bonchev–Trinajstić information content (AvgIpc) is 3.01. The first-order valence-electron chi connectivity index (χ1n) is 12.6. The SMILES string of the molecule is CNC(=O)[C@@H](C)C1C(=O)/C(=C(O)\C=C\C(C)C)C(=O)N1C1CCC(O[Si](C)(C)C(C)(C)C)C(C)O1.[Na+]. The van der Waals surface area contributed by atoms with Crippen molar-refractivity contribution in [3.8, 4) is 0 Å². The third kappa shape index (κ3) is 7.11. The summed E-state index contributed by atoms with van der Waals surface area (Å²) < 4.78 is 12.9. The van der Waals surface area contributed by atoms with E-state index in [2.05, 4.69) is 39.2 Å². The second kappa shape index (κ2) is 12.7. The summed E-state index contributed by atoms with van der Waals surface area (Å²) in [6.07, 6.45) is 3.11. The van der Waals surface area contributed by atoms with Crippen molar-refractivity contribution in [3.63, 3.8) is 0 Å². The van der Waals surface area contributed by atoms with Crippen molar-refractivity contribution >= 4 is 25.9 Å². The molecule has 0 aromatic heterocycles. The fourth-order valence-corrected chi connectivity index (χ4v) is 5.67. The number of rotatable bonds is 7. The first-order chi connectivity index (χ1) is 16.0. The van der Waals surface area contributed by atoms with Crippen LogP contribution in [0.2, 0.25) is 18.1 Å². The van der Waals surface area contributed by atoms with E-state index in [4.69, 9.17) is 9.16 Å². The Kier molecular flexibility index (Phi) is 11.7. The summed E-state index contributed by atoms with van der Waals surface area (Å²) >= 11 is 0. The zero-order valence-electron chi connectivity index (χ0n) is 24.0. The molecule has 0 spiro atoms. The minimum atomic E-state index is -2.02. The molecule has 198 valence electrons. The maximum absolute atomic E-state index is 13.5. The fourth-order valence-electron chi connectivity index (χ4n) is 4.25. The average molecular weight is 532 g/mol. The topological polar surface area (TPSA) is 105 Å². The molecule has 2 aliphatic heterocycles. The van der Waals surface area contributed by atoms with Gasteiger partial charge in [0.05, 0.1) is 18.1 Å². The molecule has 4 unspecified atom stereocenters. The summed E-state index contributed by atoms with van der Waals surface area (Å²) in [7, 11) is -0.531. The van der Waals surface area contributed by atoms with Crippen LogP contribution in [0.3, 0.4) is 0 Å². The number of ketones is 1. The van der Waals surface area contributed by atoms with E-state index in [1.165, 1.54) is 18.0 Å². The molecule has 36 heavy (non-hydrogen) atoms. The van der Waals surface area contributed by atoms with E-state index < -0.39 is 38.2 Å². The molecule has 5 atom stereocenters. The van der Waals surface area contributed by atoms with Crippen LogP contribution in [0, 0.1) is 11.8 Å². The van der Waals surface area contributed by atoms with Gasteiger partial charge in [-0.25, -0.2) is 0 Å². The Morgan fingerprint density at radius 1 is 1.22 bits per heavy atom. The zero-order chi connectivity index (χ0) is 26.9. The van der Waals surface area contributed by atoms with Gasteiger partial charge in [0.1, 0.15) is 23.6 Å². The molecule has 0 aliphatic carbocycles. The van der Waals surface area contributed by atoms with Crippen molar-refractivity contribution in [3.05, 3.63) is 23.5 Å². The number of hydrogen-bond acceptors (Lipinski definition) is 6. The van der Waals surface area contributed by atoms with Crippen LogP contribution in [0.5, 0.6) is 0 Å². The van der Waals surface area contributed by atoms with Crippen LogP contribution in [0.4, 0.5) is 0 Å². The van der Waals surface area contributed by atoms with E-state index in [1.54, 1.807) is 13.0 Å². The molecule has 8 nitrogen and oxygen atoms in total. The number of hydrogen-bond donors (Lipinski definition) is 2. The van der Waals surface area contributed by atoms with Gasteiger partial charge < -0.3 is 24.5 Å². The van der Waals surface area contributed by atoms with Crippen molar-refractivity contribution in [2.45, 2.75) is 104 Å². The first kappa shape index (κ1) is 33.1. The smallest absolute Gasteiger partial charge is 0.507 e. The molecule has 2 fully saturated rings. The summed E-state index contributed by atoms with van der Waals surface area (Å²) in [6.45, 7) is 18.3. The van der Waals surface area contributed by atoms with E-state index in [-0.39, 0.29) is 70.0 Å². The molecule has 0 bridgehead atoms. The number of likely N-dealkylation sites (tertiary alicyclic amines) is 1. The largest absolute Gasteiger partial charge is 1.00 e. The van der Waals surface area contributed by atoms with Crippen LogP contribution >= 0.6 is 0 Å². The Balaban J connectivity index is 0.00000648. The number of carbonyl (C=O) groups is 3. The molecule has 2 heterocycles. The summed E-state index contributed by atoms with van der Waals surface area (Å²) in [5.74, 6) is -2.59. The number of nitrogens with zero attached hydrogens (tertiary/aromatic N) is 1. The van der Waals surface area contributed by atoms with Gasteiger partial charge in [0.15, 0.2) is 14.1 Å². The van der Waals surface area contributed by atoms with Crippen molar-refractivity contribution in [1.82, 2.24) is 10.2 Å². The second-order valence-corrected chi connectivity index (χ2v) is 16.3. The number of amides is 2. The van der Waals surface area contributed by atoms with Gasteiger partial charge in [0, 0.05) is 7.05 Å². The summed E-state index contributed by atoms with van der Waals surface area (Å²) in [4.78, 5) is 40.7. The van der Waals surface area contributed by atoms with Gasteiger partial charge in [-0.05, 0) is 49.9 Å².